The Balaban J connectivity index is 3.29. The van der Waals surface area contributed by atoms with E-state index in [4.69, 9.17) is 5.73 Å². The van der Waals surface area contributed by atoms with E-state index in [1.807, 2.05) is 13.8 Å². The third-order valence-electron chi connectivity index (χ3n) is 3.25. The molecule has 0 aromatic heterocycles. The maximum Gasteiger partial charge on any atom is 0.244 e. The van der Waals surface area contributed by atoms with Crippen molar-refractivity contribution in [2.24, 2.45) is 0 Å². The lowest BCUT2D eigenvalue weighted by atomic mass is 9.98. The number of nitrogens with one attached hydrogen (secondary N) is 1. The maximum atomic E-state index is 13.9. The highest BCUT2D eigenvalue weighted by Gasteiger charge is 2.30. The zero-order valence-corrected chi connectivity index (χ0v) is 13.5. The normalized spacial score (nSPS) is 12.7. The van der Waals surface area contributed by atoms with E-state index in [-0.39, 0.29) is 10.2 Å². The van der Waals surface area contributed by atoms with E-state index in [2.05, 4.69) is 20.7 Å². The zero-order chi connectivity index (χ0) is 14.8. The van der Waals surface area contributed by atoms with Crippen LogP contribution >= 0.6 is 15.9 Å². The minimum absolute atomic E-state index is 0.0302. The Morgan fingerprint density at radius 1 is 1.37 bits per heavy atom. The lowest BCUT2D eigenvalue weighted by Gasteiger charge is -2.28. The second-order valence-electron chi connectivity index (χ2n) is 4.69. The van der Waals surface area contributed by atoms with Gasteiger partial charge in [-0.2, -0.15) is 0 Å². The van der Waals surface area contributed by atoms with Crippen molar-refractivity contribution < 1.29 is 12.8 Å². The van der Waals surface area contributed by atoms with Gasteiger partial charge >= 0.3 is 0 Å². The van der Waals surface area contributed by atoms with Crippen LogP contribution in [0.15, 0.2) is 21.5 Å². The molecule has 0 saturated carbocycles. The van der Waals surface area contributed by atoms with Gasteiger partial charge < -0.3 is 5.73 Å². The number of hydrogen-bond donors (Lipinski definition) is 2. The molecule has 19 heavy (non-hydrogen) atoms. The fourth-order valence-corrected chi connectivity index (χ4v) is 3.85. The van der Waals surface area contributed by atoms with Gasteiger partial charge in [-0.1, -0.05) is 13.8 Å². The number of anilines is 1. The van der Waals surface area contributed by atoms with Crippen LogP contribution in [-0.2, 0) is 10.0 Å². The third kappa shape index (κ3) is 3.67. The summed E-state index contributed by atoms with van der Waals surface area (Å²) in [5.74, 6) is -0.837. The molecular formula is C12H18BrFN2O2S. The molecule has 0 saturated heterocycles. The van der Waals surface area contributed by atoms with Crippen molar-refractivity contribution >= 4 is 31.6 Å². The van der Waals surface area contributed by atoms with Crippen molar-refractivity contribution in [2.75, 3.05) is 5.73 Å². The molecule has 0 radical (unpaired) electrons. The van der Waals surface area contributed by atoms with Gasteiger partial charge in [-0.3, -0.25) is 0 Å². The van der Waals surface area contributed by atoms with E-state index in [9.17, 15) is 12.8 Å². The van der Waals surface area contributed by atoms with E-state index < -0.39 is 26.3 Å². The second-order valence-corrected chi connectivity index (χ2v) is 7.19. The molecule has 0 atom stereocenters. The molecule has 0 bridgehead atoms. The van der Waals surface area contributed by atoms with Crippen LogP contribution in [0, 0.1) is 5.82 Å². The van der Waals surface area contributed by atoms with E-state index in [0.717, 1.165) is 6.07 Å². The molecule has 0 aliphatic rings. The monoisotopic (exact) mass is 352 g/mol. The lowest BCUT2D eigenvalue weighted by molar-refractivity contribution is 0.387. The molecule has 1 aromatic carbocycles. The molecule has 0 spiro atoms. The van der Waals surface area contributed by atoms with E-state index in [1.165, 1.54) is 6.07 Å². The van der Waals surface area contributed by atoms with Crippen LogP contribution in [0.2, 0.25) is 0 Å². The van der Waals surface area contributed by atoms with Gasteiger partial charge in [0.1, 0.15) is 4.90 Å². The summed E-state index contributed by atoms with van der Waals surface area (Å²) in [7, 11) is -3.95. The number of sulfonamides is 1. The van der Waals surface area contributed by atoms with Crippen LogP contribution in [-0.4, -0.2) is 14.0 Å². The molecule has 0 unspecified atom stereocenters. The van der Waals surface area contributed by atoms with Crippen LogP contribution in [0.4, 0.5) is 10.1 Å². The highest BCUT2D eigenvalue weighted by Crippen LogP contribution is 2.27. The lowest BCUT2D eigenvalue weighted by Crippen LogP contribution is -2.45. The number of nitrogens with two attached hydrogens (primary N) is 1. The predicted molar refractivity (Wildman–Crippen MR) is 77.8 cm³/mol. The summed E-state index contributed by atoms with van der Waals surface area (Å²) in [6.07, 6.45) is 1.21. The topological polar surface area (TPSA) is 72.2 Å². The molecule has 7 heteroatoms. The Bertz CT molecular complexity index is 571. The highest BCUT2D eigenvalue weighted by atomic mass is 79.9. The summed E-state index contributed by atoms with van der Waals surface area (Å²) in [6.45, 7) is 5.53. The van der Waals surface area contributed by atoms with Crippen molar-refractivity contribution in [3.63, 3.8) is 0 Å². The Morgan fingerprint density at radius 3 is 2.37 bits per heavy atom. The quantitative estimate of drug-likeness (QED) is 0.800. The molecule has 108 valence electrons. The molecule has 0 aliphatic heterocycles. The van der Waals surface area contributed by atoms with E-state index >= 15 is 0 Å². The average Bonchev–Trinajstić information content (AvgIpc) is 2.32. The van der Waals surface area contributed by atoms with Gasteiger partial charge in [0.05, 0.1) is 4.47 Å². The Kier molecular flexibility index (Phi) is 4.97. The van der Waals surface area contributed by atoms with Gasteiger partial charge in [0, 0.05) is 11.2 Å². The first-order valence-electron chi connectivity index (χ1n) is 5.93. The molecule has 0 aliphatic carbocycles. The number of rotatable bonds is 5. The van der Waals surface area contributed by atoms with Crippen molar-refractivity contribution in [1.29, 1.82) is 0 Å². The first-order chi connectivity index (χ1) is 8.65. The van der Waals surface area contributed by atoms with Crippen LogP contribution in [0.1, 0.15) is 33.6 Å². The molecule has 4 nitrogen and oxygen atoms in total. The molecular weight excluding hydrogens is 335 g/mol. The number of hydrogen-bond acceptors (Lipinski definition) is 3. The summed E-state index contributed by atoms with van der Waals surface area (Å²) in [5.41, 5.74) is 5.14. The van der Waals surface area contributed by atoms with Crippen LogP contribution in [0.25, 0.3) is 0 Å². The molecule has 1 aromatic rings. The van der Waals surface area contributed by atoms with E-state index in [0.29, 0.717) is 12.8 Å². The van der Waals surface area contributed by atoms with Crippen LogP contribution in [0.5, 0.6) is 0 Å². The smallest absolute Gasteiger partial charge is 0.244 e. The minimum atomic E-state index is -3.95. The summed E-state index contributed by atoms with van der Waals surface area (Å²) in [4.78, 5) is -0.437. The zero-order valence-electron chi connectivity index (χ0n) is 11.1. The summed E-state index contributed by atoms with van der Waals surface area (Å²) < 4.78 is 41.0. The van der Waals surface area contributed by atoms with Crippen molar-refractivity contribution in [3.8, 4) is 0 Å². The molecule has 0 fully saturated rings. The van der Waals surface area contributed by atoms with Crippen LogP contribution < -0.4 is 10.5 Å². The first-order valence-corrected chi connectivity index (χ1v) is 8.21. The standard InChI is InChI=1S/C12H18BrFN2O2S/c1-4-12(3,5-2)16-19(17,18)10-7-8(15)6-9(13)11(10)14/h6-7,16H,4-5,15H2,1-3H3. The summed E-state index contributed by atoms with van der Waals surface area (Å²) in [6, 6.07) is 2.45. The van der Waals surface area contributed by atoms with Crippen molar-refractivity contribution in [3.05, 3.63) is 22.4 Å². The number of halogens is 2. The summed E-state index contributed by atoms with van der Waals surface area (Å²) in [5, 5.41) is 0. The molecule has 0 amide bonds. The number of benzene rings is 1. The largest absolute Gasteiger partial charge is 0.399 e. The summed E-state index contributed by atoms with van der Waals surface area (Å²) >= 11 is 2.96. The Morgan fingerprint density at radius 2 is 1.89 bits per heavy atom. The van der Waals surface area contributed by atoms with Gasteiger partial charge in [-0.05, 0) is 47.8 Å². The van der Waals surface area contributed by atoms with E-state index in [1.54, 1.807) is 6.92 Å². The van der Waals surface area contributed by atoms with Gasteiger partial charge in [-0.15, -0.1) is 0 Å². The van der Waals surface area contributed by atoms with Gasteiger partial charge in [0.2, 0.25) is 10.0 Å². The highest BCUT2D eigenvalue weighted by molar-refractivity contribution is 9.10. The Labute approximate surface area is 121 Å². The minimum Gasteiger partial charge on any atom is -0.399 e. The first kappa shape index (κ1) is 16.4. The number of nitrogen functional groups attached to an aromatic ring is 1. The molecule has 0 heterocycles. The fraction of sp³-hybridized carbons (Fsp3) is 0.500. The second kappa shape index (κ2) is 5.76. The van der Waals surface area contributed by atoms with Gasteiger partial charge in [0.15, 0.2) is 5.82 Å². The maximum absolute atomic E-state index is 13.9. The van der Waals surface area contributed by atoms with Crippen LogP contribution in [0.3, 0.4) is 0 Å². The molecule has 1 rings (SSSR count). The fourth-order valence-electron chi connectivity index (χ4n) is 1.55. The Hall–Kier alpha value is -0.660. The SMILES string of the molecule is CCC(C)(CC)NS(=O)(=O)c1cc(N)cc(Br)c1F. The van der Waals surface area contributed by atoms with Gasteiger partial charge in [0.25, 0.3) is 0 Å². The van der Waals surface area contributed by atoms with Crippen molar-refractivity contribution in [1.82, 2.24) is 4.72 Å². The van der Waals surface area contributed by atoms with Gasteiger partial charge in [-0.25, -0.2) is 17.5 Å². The van der Waals surface area contributed by atoms with Crippen molar-refractivity contribution in [2.45, 2.75) is 44.0 Å². The third-order valence-corrected chi connectivity index (χ3v) is 5.46. The molecule has 3 N–H and O–H groups in total. The average molecular weight is 353 g/mol. The predicted octanol–water partition coefficient (Wildman–Crippen LogP) is 3.03.